The predicted molar refractivity (Wildman–Crippen MR) is 131 cm³/mol. The molecule has 4 rings (SSSR count). The smallest absolute Gasteiger partial charge is 0.338 e. The first-order chi connectivity index (χ1) is 16.4. The number of fused-ring (bicyclic) bond motifs is 1. The Bertz CT molecular complexity index is 1190. The van der Waals surface area contributed by atoms with E-state index in [1.165, 1.54) is 24.9 Å². The Balaban J connectivity index is 1.67. The molecule has 2 aromatic rings. The van der Waals surface area contributed by atoms with Crippen LogP contribution >= 0.6 is 11.8 Å². The number of allylic oxidation sites excluding steroid dienone is 1. The van der Waals surface area contributed by atoms with Crippen LogP contribution in [0, 0.1) is 5.82 Å². The normalized spacial score (nSPS) is 17.2. The molecule has 34 heavy (non-hydrogen) atoms. The van der Waals surface area contributed by atoms with Crippen molar-refractivity contribution in [2.24, 2.45) is 4.99 Å². The van der Waals surface area contributed by atoms with Crippen molar-refractivity contribution in [3.05, 3.63) is 93.9 Å². The number of halogens is 1. The highest BCUT2D eigenvalue weighted by molar-refractivity contribution is 8.16. The van der Waals surface area contributed by atoms with Crippen LogP contribution in [0.15, 0.2) is 82.0 Å². The molecule has 1 amide bonds. The summed E-state index contributed by atoms with van der Waals surface area (Å²) in [5, 5.41) is 2.47. The highest BCUT2D eigenvalue weighted by Crippen LogP contribution is 2.46. The Morgan fingerprint density at radius 2 is 1.85 bits per heavy atom. The second-order valence-corrected chi connectivity index (χ2v) is 8.87. The van der Waals surface area contributed by atoms with Crippen LogP contribution in [0.1, 0.15) is 36.9 Å². The zero-order chi connectivity index (χ0) is 24.2. The van der Waals surface area contributed by atoms with E-state index in [1.807, 2.05) is 42.7 Å². The Hall–Kier alpha value is -3.39. The Labute approximate surface area is 202 Å². The van der Waals surface area contributed by atoms with E-state index in [9.17, 15) is 9.59 Å². The summed E-state index contributed by atoms with van der Waals surface area (Å²) in [5.74, 6) is -1.08. The van der Waals surface area contributed by atoms with Gasteiger partial charge in [-0.05, 0) is 23.5 Å². The molecule has 0 spiro atoms. The van der Waals surface area contributed by atoms with Gasteiger partial charge in [0.1, 0.15) is 5.82 Å². The van der Waals surface area contributed by atoms with Gasteiger partial charge in [0.05, 0.1) is 30.8 Å². The van der Waals surface area contributed by atoms with Crippen LogP contribution in [-0.4, -0.2) is 41.0 Å². The van der Waals surface area contributed by atoms with Crippen LogP contribution in [0.2, 0.25) is 0 Å². The highest BCUT2D eigenvalue weighted by Gasteiger charge is 2.42. The number of aliphatic imine (C=N–C) groups is 1. The molecule has 176 valence electrons. The van der Waals surface area contributed by atoms with Crippen molar-refractivity contribution in [3.63, 3.8) is 0 Å². The van der Waals surface area contributed by atoms with Crippen LogP contribution in [0.3, 0.4) is 0 Å². The van der Waals surface area contributed by atoms with Crippen LogP contribution in [0.5, 0.6) is 0 Å². The fourth-order valence-corrected chi connectivity index (χ4v) is 5.08. The fourth-order valence-electron chi connectivity index (χ4n) is 4.14. The second-order valence-electron chi connectivity index (χ2n) is 8.03. The SMILES string of the molecule is CCC1=C(C(=O)OC)C(c2ccccc2F)N2C(CC(=O)N(C)Cc3ccccc3)=CSC2=N1. The predicted octanol–water partition coefficient (Wildman–Crippen LogP) is 5.01. The zero-order valence-electron chi connectivity index (χ0n) is 19.3. The number of methoxy groups -OCH3 is 1. The number of hydrogen-bond acceptors (Lipinski definition) is 6. The van der Waals surface area contributed by atoms with Gasteiger partial charge >= 0.3 is 5.97 Å². The summed E-state index contributed by atoms with van der Waals surface area (Å²) in [4.78, 5) is 34.1. The number of hydrogen-bond donors (Lipinski definition) is 0. The standard InChI is InChI=1S/C26H26FN3O3S/c1-4-21-23(25(32)33-3)24(19-12-8-9-13-20(19)27)30-18(16-34-26(30)28-21)14-22(31)29(2)15-17-10-6-5-7-11-17/h5-13,16,24H,4,14-15H2,1-3H3. The highest BCUT2D eigenvalue weighted by atomic mass is 32.2. The monoisotopic (exact) mass is 479 g/mol. The molecule has 0 radical (unpaired) electrons. The Kier molecular flexibility index (Phi) is 7.17. The van der Waals surface area contributed by atoms with Crippen molar-refractivity contribution in [3.8, 4) is 0 Å². The molecule has 2 heterocycles. The molecule has 0 bridgehead atoms. The van der Waals surface area contributed by atoms with Gasteiger partial charge in [0.2, 0.25) is 5.91 Å². The van der Waals surface area contributed by atoms with Crippen LogP contribution in [-0.2, 0) is 20.9 Å². The van der Waals surface area contributed by atoms with E-state index in [0.717, 1.165) is 5.56 Å². The molecule has 0 saturated carbocycles. The van der Waals surface area contributed by atoms with Crippen molar-refractivity contribution < 1.29 is 18.7 Å². The quantitative estimate of drug-likeness (QED) is 0.523. The zero-order valence-corrected chi connectivity index (χ0v) is 20.1. The van der Waals surface area contributed by atoms with Gasteiger partial charge in [0, 0.05) is 24.9 Å². The number of ether oxygens (including phenoxy) is 1. The molecule has 2 aromatic carbocycles. The lowest BCUT2D eigenvalue weighted by molar-refractivity contribution is -0.136. The average Bonchev–Trinajstić information content (AvgIpc) is 3.25. The lowest BCUT2D eigenvalue weighted by Gasteiger charge is -2.37. The third-order valence-corrected chi connectivity index (χ3v) is 6.74. The van der Waals surface area contributed by atoms with Gasteiger partial charge in [0.15, 0.2) is 5.17 Å². The van der Waals surface area contributed by atoms with Gasteiger partial charge in [-0.15, -0.1) is 0 Å². The summed E-state index contributed by atoms with van der Waals surface area (Å²) in [6.45, 7) is 2.37. The molecule has 1 unspecified atom stereocenters. The van der Waals surface area contributed by atoms with Crippen LogP contribution in [0.4, 0.5) is 4.39 Å². The Morgan fingerprint density at radius 1 is 1.15 bits per heavy atom. The summed E-state index contributed by atoms with van der Waals surface area (Å²) in [6.07, 6.45) is 0.581. The lowest BCUT2D eigenvalue weighted by Crippen LogP contribution is -2.38. The second kappa shape index (κ2) is 10.3. The van der Waals surface area contributed by atoms with Crippen LogP contribution < -0.4 is 0 Å². The van der Waals surface area contributed by atoms with Crippen molar-refractivity contribution >= 4 is 28.8 Å². The minimum Gasteiger partial charge on any atom is -0.466 e. The van der Waals surface area contributed by atoms with E-state index in [0.29, 0.717) is 35.1 Å². The molecule has 0 aliphatic carbocycles. The lowest BCUT2D eigenvalue weighted by atomic mass is 9.92. The third kappa shape index (κ3) is 4.63. The molecule has 2 aliphatic rings. The van der Waals surface area contributed by atoms with E-state index in [-0.39, 0.29) is 17.9 Å². The first-order valence-corrected chi connectivity index (χ1v) is 11.9. The van der Waals surface area contributed by atoms with E-state index in [2.05, 4.69) is 4.99 Å². The molecular weight excluding hydrogens is 453 g/mol. The summed E-state index contributed by atoms with van der Waals surface area (Å²) in [7, 11) is 3.06. The number of rotatable bonds is 7. The van der Waals surface area contributed by atoms with E-state index in [4.69, 9.17) is 4.74 Å². The van der Waals surface area contributed by atoms with E-state index >= 15 is 4.39 Å². The number of carbonyl (C=O) groups excluding carboxylic acids is 2. The molecule has 0 saturated heterocycles. The number of thioether (sulfide) groups is 1. The Morgan fingerprint density at radius 3 is 2.53 bits per heavy atom. The van der Waals surface area contributed by atoms with Gasteiger partial charge in [-0.1, -0.05) is 67.2 Å². The third-order valence-electron chi connectivity index (χ3n) is 5.85. The number of amides is 1. The molecule has 0 fully saturated rings. The van der Waals surface area contributed by atoms with Crippen LogP contribution in [0.25, 0.3) is 0 Å². The van der Waals surface area contributed by atoms with Crippen molar-refractivity contribution in [1.82, 2.24) is 9.80 Å². The molecule has 8 heteroatoms. The van der Waals surface area contributed by atoms with E-state index < -0.39 is 17.8 Å². The molecular formula is C26H26FN3O3S. The maximum absolute atomic E-state index is 15.0. The first kappa shape index (κ1) is 23.8. The topological polar surface area (TPSA) is 62.2 Å². The van der Waals surface area contributed by atoms with E-state index in [1.54, 1.807) is 35.0 Å². The van der Waals surface area contributed by atoms with Gasteiger partial charge in [0.25, 0.3) is 0 Å². The molecule has 0 aromatic heterocycles. The minimum absolute atomic E-state index is 0.0888. The average molecular weight is 480 g/mol. The van der Waals surface area contributed by atoms with Gasteiger partial charge in [-0.3, -0.25) is 4.79 Å². The maximum Gasteiger partial charge on any atom is 0.338 e. The fraction of sp³-hybridized carbons (Fsp3) is 0.269. The summed E-state index contributed by atoms with van der Waals surface area (Å²) >= 11 is 1.37. The number of esters is 1. The number of benzene rings is 2. The largest absolute Gasteiger partial charge is 0.466 e. The number of amidine groups is 1. The first-order valence-electron chi connectivity index (χ1n) is 11.0. The molecule has 6 nitrogen and oxygen atoms in total. The van der Waals surface area contributed by atoms with Gasteiger partial charge < -0.3 is 14.5 Å². The molecule has 1 atom stereocenters. The molecule has 2 aliphatic heterocycles. The minimum atomic E-state index is -0.774. The number of carbonyl (C=O) groups is 2. The van der Waals surface area contributed by atoms with Gasteiger partial charge in [-0.2, -0.15) is 0 Å². The van der Waals surface area contributed by atoms with Crippen molar-refractivity contribution in [1.29, 1.82) is 0 Å². The van der Waals surface area contributed by atoms with Crippen molar-refractivity contribution in [2.45, 2.75) is 32.4 Å². The number of nitrogens with zero attached hydrogens (tertiary/aromatic N) is 3. The van der Waals surface area contributed by atoms with Crippen molar-refractivity contribution in [2.75, 3.05) is 14.2 Å². The summed E-state index contributed by atoms with van der Waals surface area (Å²) < 4.78 is 20.1. The molecule has 0 N–H and O–H groups in total. The summed E-state index contributed by atoms with van der Waals surface area (Å²) in [6, 6.07) is 15.3. The maximum atomic E-state index is 15.0. The summed E-state index contributed by atoms with van der Waals surface area (Å²) in [5.41, 5.74) is 2.87. The van der Waals surface area contributed by atoms with Gasteiger partial charge in [-0.25, -0.2) is 14.2 Å².